The second kappa shape index (κ2) is 10.8. The molecule has 1 aliphatic heterocycles. The van der Waals surface area contributed by atoms with Gasteiger partial charge in [0.05, 0.1) is 29.5 Å². The first-order valence-electron chi connectivity index (χ1n) is 11.9. The van der Waals surface area contributed by atoms with Crippen LogP contribution in [0.2, 0.25) is 5.02 Å². The second-order valence-corrected chi connectivity index (χ2v) is 9.04. The van der Waals surface area contributed by atoms with Gasteiger partial charge in [0.1, 0.15) is 5.02 Å². The number of para-hydroxylation sites is 1. The number of aromatic amines is 1. The van der Waals surface area contributed by atoms with Crippen molar-refractivity contribution in [3.63, 3.8) is 0 Å². The summed E-state index contributed by atoms with van der Waals surface area (Å²) in [5, 5.41) is 20.1. The van der Waals surface area contributed by atoms with E-state index >= 15 is 0 Å². The Labute approximate surface area is 218 Å². The van der Waals surface area contributed by atoms with Crippen molar-refractivity contribution in [2.75, 3.05) is 42.6 Å². The molecule has 11 nitrogen and oxygen atoms in total. The standard InChI is InChI=1S/C25H26ClN9O2/c1-27-24(37)17-6-2-3-7-19(17)30-23-18(26)13-28-25(32-23)29-15-8-9-16-20(12-15)33-34-22(16)31-21(36)14-35-10-4-5-11-35/h2-3,6-9,12-13H,4-5,10-11,14H2,1H3,(H,27,37)(H2,28,29,30,32)(H2,31,33,34,36). The van der Waals surface area contributed by atoms with Gasteiger partial charge in [-0.15, -0.1) is 0 Å². The van der Waals surface area contributed by atoms with Crippen molar-refractivity contribution in [2.45, 2.75) is 12.8 Å². The van der Waals surface area contributed by atoms with Crippen LogP contribution in [0.4, 0.5) is 29.0 Å². The van der Waals surface area contributed by atoms with E-state index in [1.54, 1.807) is 25.2 Å². The predicted molar refractivity (Wildman–Crippen MR) is 144 cm³/mol. The van der Waals surface area contributed by atoms with E-state index < -0.39 is 0 Å². The summed E-state index contributed by atoms with van der Waals surface area (Å²) in [6.07, 6.45) is 3.74. The maximum atomic E-state index is 12.4. The van der Waals surface area contributed by atoms with Crippen molar-refractivity contribution in [3.05, 3.63) is 59.2 Å². The Kier molecular flexibility index (Phi) is 7.15. The lowest BCUT2D eigenvalue weighted by molar-refractivity contribution is -0.117. The Morgan fingerprint density at radius 3 is 2.70 bits per heavy atom. The summed E-state index contributed by atoms with van der Waals surface area (Å²) in [5.41, 5.74) is 2.48. The fraction of sp³-hybridized carbons (Fsp3) is 0.240. The highest BCUT2D eigenvalue weighted by Gasteiger charge is 2.17. The molecule has 1 saturated heterocycles. The SMILES string of the molecule is CNC(=O)c1ccccc1Nc1nc(Nc2ccc3c(NC(=O)CN4CCCC4)n[nH]c3c2)ncc1Cl. The first-order chi connectivity index (χ1) is 18.0. The molecule has 4 aromatic rings. The molecular weight excluding hydrogens is 494 g/mol. The molecule has 37 heavy (non-hydrogen) atoms. The topological polar surface area (TPSA) is 140 Å². The van der Waals surface area contributed by atoms with E-state index in [9.17, 15) is 9.59 Å². The molecule has 1 aliphatic rings. The van der Waals surface area contributed by atoms with Crippen molar-refractivity contribution in [2.24, 2.45) is 0 Å². The van der Waals surface area contributed by atoms with Crippen LogP contribution in [0.1, 0.15) is 23.2 Å². The summed E-state index contributed by atoms with van der Waals surface area (Å²) in [6, 6.07) is 12.6. The summed E-state index contributed by atoms with van der Waals surface area (Å²) in [7, 11) is 1.57. The van der Waals surface area contributed by atoms with Gasteiger partial charge in [-0.2, -0.15) is 10.1 Å². The fourth-order valence-electron chi connectivity index (χ4n) is 4.20. The van der Waals surface area contributed by atoms with Gasteiger partial charge in [0.25, 0.3) is 5.91 Å². The molecule has 0 aliphatic carbocycles. The number of likely N-dealkylation sites (tertiary alicyclic amines) is 1. The van der Waals surface area contributed by atoms with Crippen LogP contribution in [0.25, 0.3) is 10.9 Å². The van der Waals surface area contributed by atoms with Crippen molar-refractivity contribution in [1.82, 2.24) is 30.4 Å². The number of hydrogen-bond donors (Lipinski definition) is 5. The van der Waals surface area contributed by atoms with E-state index in [0.717, 1.165) is 36.8 Å². The largest absolute Gasteiger partial charge is 0.355 e. The van der Waals surface area contributed by atoms with Crippen molar-refractivity contribution in [3.8, 4) is 0 Å². The molecule has 0 unspecified atom stereocenters. The summed E-state index contributed by atoms with van der Waals surface area (Å²) >= 11 is 6.32. The third-order valence-electron chi connectivity index (χ3n) is 6.04. The minimum atomic E-state index is -0.230. The molecule has 0 spiro atoms. The highest BCUT2D eigenvalue weighted by Crippen LogP contribution is 2.28. The Bertz CT molecular complexity index is 1450. The van der Waals surface area contributed by atoms with Gasteiger partial charge >= 0.3 is 0 Å². The molecule has 0 saturated carbocycles. The quantitative estimate of drug-likeness (QED) is 0.236. The van der Waals surface area contributed by atoms with Crippen LogP contribution in [-0.4, -0.2) is 63.6 Å². The molecule has 2 aromatic carbocycles. The van der Waals surface area contributed by atoms with Crippen LogP contribution in [0.3, 0.4) is 0 Å². The molecule has 190 valence electrons. The number of nitrogens with zero attached hydrogens (tertiary/aromatic N) is 4. The number of anilines is 5. The first-order valence-corrected chi connectivity index (χ1v) is 12.3. The lowest BCUT2D eigenvalue weighted by Crippen LogP contribution is -2.31. The molecule has 0 bridgehead atoms. The molecule has 2 amide bonds. The van der Waals surface area contributed by atoms with Crippen LogP contribution >= 0.6 is 11.6 Å². The van der Waals surface area contributed by atoms with Gasteiger partial charge < -0.3 is 21.3 Å². The smallest absolute Gasteiger partial charge is 0.253 e. The highest BCUT2D eigenvalue weighted by atomic mass is 35.5. The van der Waals surface area contributed by atoms with E-state index in [1.165, 1.54) is 6.20 Å². The van der Waals surface area contributed by atoms with Gasteiger partial charge in [0.15, 0.2) is 11.6 Å². The zero-order valence-corrected chi connectivity index (χ0v) is 20.9. The molecule has 0 atom stereocenters. The number of benzene rings is 2. The van der Waals surface area contributed by atoms with Crippen LogP contribution in [0, 0.1) is 0 Å². The molecule has 2 aromatic heterocycles. The normalized spacial score (nSPS) is 13.5. The van der Waals surface area contributed by atoms with E-state index in [2.05, 4.69) is 46.3 Å². The minimum absolute atomic E-state index is 0.0786. The van der Waals surface area contributed by atoms with Crippen LogP contribution in [0.5, 0.6) is 0 Å². The highest BCUT2D eigenvalue weighted by molar-refractivity contribution is 6.33. The van der Waals surface area contributed by atoms with Crippen LogP contribution < -0.4 is 21.3 Å². The molecule has 3 heterocycles. The monoisotopic (exact) mass is 519 g/mol. The molecular formula is C25H26ClN9O2. The molecule has 1 fully saturated rings. The average Bonchev–Trinajstić information content (AvgIpc) is 3.55. The number of carbonyl (C=O) groups excluding carboxylic acids is 2. The lowest BCUT2D eigenvalue weighted by Gasteiger charge is -2.13. The number of nitrogens with one attached hydrogen (secondary N) is 5. The number of hydrogen-bond acceptors (Lipinski definition) is 8. The Morgan fingerprint density at radius 1 is 1.08 bits per heavy atom. The van der Waals surface area contributed by atoms with Gasteiger partial charge in [-0.3, -0.25) is 19.6 Å². The van der Waals surface area contributed by atoms with Gasteiger partial charge in [0.2, 0.25) is 11.9 Å². The number of carbonyl (C=O) groups is 2. The number of aromatic nitrogens is 4. The van der Waals surface area contributed by atoms with Gasteiger partial charge in [-0.25, -0.2) is 4.98 Å². The fourth-order valence-corrected chi connectivity index (χ4v) is 4.34. The maximum Gasteiger partial charge on any atom is 0.253 e. The second-order valence-electron chi connectivity index (χ2n) is 8.63. The van der Waals surface area contributed by atoms with Crippen LogP contribution in [-0.2, 0) is 4.79 Å². The van der Waals surface area contributed by atoms with Crippen molar-refractivity contribution < 1.29 is 9.59 Å². The lowest BCUT2D eigenvalue weighted by atomic mass is 10.1. The summed E-state index contributed by atoms with van der Waals surface area (Å²) in [6.45, 7) is 2.27. The Morgan fingerprint density at radius 2 is 1.89 bits per heavy atom. The average molecular weight is 520 g/mol. The van der Waals surface area contributed by atoms with E-state index in [1.807, 2.05) is 24.3 Å². The minimum Gasteiger partial charge on any atom is -0.355 e. The molecule has 5 N–H and O–H groups in total. The van der Waals surface area contributed by atoms with Crippen molar-refractivity contribution in [1.29, 1.82) is 0 Å². The molecule has 5 rings (SSSR count). The molecule has 12 heteroatoms. The number of halogens is 1. The van der Waals surface area contributed by atoms with E-state index in [-0.39, 0.29) is 11.8 Å². The van der Waals surface area contributed by atoms with E-state index in [4.69, 9.17) is 11.6 Å². The Balaban J connectivity index is 1.30. The van der Waals surface area contributed by atoms with Gasteiger partial charge in [-0.1, -0.05) is 23.7 Å². The van der Waals surface area contributed by atoms with Crippen molar-refractivity contribution >= 4 is 63.3 Å². The number of H-pyrrole nitrogens is 1. The van der Waals surface area contributed by atoms with E-state index in [0.29, 0.717) is 46.1 Å². The summed E-state index contributed by atoms with van der Waals surface area (Å²) in [4.78, 5) is 35.5. The third-order valence-corrected chi connectivity index (χ3v) is 6.32. The first kappa shape index (κ1) is 24.5. The number of amides is 2. The number of rotatable bonds is 8. The zero-order valence-electron chi connectivity index (χ0n) is 20.1. The van der Waals surface area contributed by atoms with Crippen LogP contribution in [0.15, 0.2) is 48.7 Å². The number of fused-ring (bicyclic) bond motifs is 1. The predicted octanol–water partition coefficient (Wildman–Crippen LogP) is 3.89. The third kappa shape index (κ3) is 5.63. The zero-order chi connectivity index (χ0) is 25.8. The maximum absolute atomic E-state index is 12.4. The molecule has 0 radical (unpaired) electrons. The Hall–Kier alpha value is -4.22. The van der Waals surface area contributed by atoms with Gasteiger partial charge in [-0.05, 0) is 56.3 Å². The summed E-state index contributed by atoms with van der Waals surface area (Å²) < 4.78 is 0. The summed E-state index contributed by atoms with van der Waals surface area (Å²) in [5.74, 6) is 0.842. The van der Waals surface area contributed by atoms with Gasteiger partial charge in [0, 0.05) is 18.1 Å².